The highest BCUT2D eigenvalue weighted by molar-refractivity contribution is 5.92. The van der Waals surface area contributed by atoms with Crippen molar-refractivity contribution in [1.29, 1.82) is 0 Å². The second-order valence-electron chi connectivity index (χ2n) is 7.02. The van der Waals surface area contributed by atoms with Crippen molar-refractivity contribution < 1.29 is 24.1 Å². The van der Waals surface area contributed by atoms with E-state index in [4.69, 9.17) is 9.47 Å². The fraction of sp³-hybridized carbons (Fsp3) is 0.318. The average Bonchev–Trinajstić information content (AvgIpc) is 3.22. The predicted molar refractivity (Wildman–Crippen MR) is 112 cm³/mol. The van der Waals surface area contributed by atoms with Gasteiger partial charge in [-0.05, 0) is 31.6 Å². The summed E-state index contributed by atoms with van der Waals surface area (Å²) in [6.45, 7) is 7.91. The molecular formula is C22H26N3O5+. The Hall–Kier alpha value is -3.39. The number of hydrogen-bond donors (Lipinski definition) is 2. The molecule has 0 fully saturated rings. The molecule has 30 heavy (non-hydrogen) atoms. The van der Waals surface area contributed by atoms with Crippen LogP contribution in [0.1, 0.15) is 30.5 Å². The number of fused-ring (bicyclic) bond motifs is 1. The number of amides is 1. The quantitative estimate of drug-likeness (QED) is 0.374. The highest BCUT2D eigenvalue weighted by Gasteiger charge is 2.22. The Morgan fingerprint density at radius 2 is 1.77 bits per heavy atom. The number of nitrogens with zero attached hydrogens (tertiary/aromatic N) is 1. The third-order valence-electron chi connectivity index (χ3n) is 5.08. The van der Waals surface area contributed by atoms with Crippen molar-refractivity contribution in [3.8, 4) is 11.5 Å². The molecule has 1 aliphatic rings. The molecule has 1 heterocycles. The summed E-state index contributed by atoms with van der Waals surface area (Å²) in [7, 11) is 0. The first kappa shape index (κ1) is 21.3. The van der Waals surface area contributed by atoms with Crippen LogP contribution in [0.5, 0.6) is 11.5 Å². The first-order valence-electron chi connectivity index (χ1n) is 9.95. The zero-order chi connectivity index (χ0) is 21.5. The van der Waals surface area contributed by atoms with Crippen LogP contribution in [0.15, 0.2) is 42.5 Å². The zero-order valence-electron chi connectivity index (χ0n) is 17.1. The molecule has 0 radical (unpaired) electrons. The molecule has 0 spiro atoms. The SMILES string of the molecule is CC[NH+](CC)Cc1ccc(CNC(=O)/C=C/c2cc3c(cc2[N+](=O)[O-])OCO3)cc1. The Bertz CT molecular complexity index is 937. The molecule has 8 heteroatoms. The number of hydrogen-bond acceptors (Lipinski definition) is 5. The fourth-order valence-corrected chi connectivity index (χ4v) is 3.22. The van der Waals surface area contributed by atoms with Crippen LogP contribution < -0.4 is 19.7 Å². The minimum atomic E-state index is -0.513. The van der Waals surface area contributed by atoms with E-state index >= 15 is 0 Å². The summed E-state index contributed by atoms with van der Waals surface area (Å²) in [6.07, 6.45) is 2.69. The van der Waals surface area contributed by atoms with Crippen LogP contribution in [0.2, 0.25) is 0 Å². The molecule has 0 bridgehead atoms. The number of benzene rings is 2. The van der Waals surface area contributed by atoms with Crippen molar-refractivity contribution >= 4 is 17.7 Å². The van der Waals surface area contributed by atoms with Crippen LogP contribution in [-0.4, -0.2) is 30.7 Å². The largest absolute Gasteiger partial charge is 0.454 e. The first-order chi connectivity index (χ1) is 14.5. The van der Waals surface area contributed by atoms with E-state index in [0.717, 1.165) is 25.2 Å². The summed E-state index contributed by atoms with van der Waals surface area (Å²) in [4.78, 5) is 24.5. The van der Waals surface area contributed by atoms with Gasteiger partial charge < -0.3 is 19.7 Å². The molecule has 2 aromatic rings. The van der Waals surface area contributed by atoms with Crippen LogP contribution in [0.25, 0.3) is 6.08 Å². The van der Waals surface area contributed by atoms with E-state index in [2.05, 4.69) is 31.3 Å². The molecule has 1 amide bonds. The molecule has 1 aliphatic heterocycles. The monoisotopic (exact) mass is 412 g/mol. The van der Waals surface area contributed by atoms with Crippen molar-refractivity contribution in [1.82, 2.24) is 5.32 Å². The van der Waals surface area contributed by atoms with Gasteiger partial charge >= 0.3 is 0 Å². The zero-order valence-corrected chi connectivity index (χ0v) is 17.1. The van der Waals surface area contributed by atoms with E-state index in [-0.39, 0.29) is 24.0 Å². The second kappa shape index (κ2) is 9.89. The number of nitro groups is 1. The third-order valence-corrected chi connectivity index (χ3v) is 5.08. The Labute approximate surface area is 175 Å². The van der Waals surface area contributed by atoms with Gasteiger partial charge in [0.1, 0.15) is 6.54 Å². The van der Waals surface area contributed by atoms with Gasteiger partial charge in [-0.2, -0.15) is 0 Å². The van der Waals surface area contributed by atoms with Crippen molar-refractivity contribution in [2.24, 2.45) is 0 Å². The smallest absolute Gasteiger partial charge is 0.280 e. The number of carbonyl (C=O) groups excluding carboxylic acids is 1. The summed E-state index contributed by atoms with van der Waals surface area (Å²) in [6, 6.07) is 11.0. The van der Waals surface area contributed by atoms with Gasteiger partial charge in [-0.1, -0.05) is 24.3 Å². The van der Waals surface area contributed by atoms with Gasteiger partial charge in [0.2, 0.25) is 12.7 Å². The van der Waals surface area contributed by atoms with Gasteiger partial charge in [0, 0.05) is 18.2 Å². The molecule has 158 valence electrons. The summed E-state index contributed by atoms with van der Waals surface area (Å²) in [5, 5.41) is 14.1. The molecule has 0 unspecified atom stereocenters. The molecular weight excluding hydrogens is 386 g/mol. The van der Waals surface area contributed by atoms with Gasteiger partial charge in [0.05, 0.1) is 29.6 Å². The normalized spacial score (nSPS) is 12.5. The Morgan fingerprint density at radius 3 is 2.40 bits per heavy atom. The third kappa shape index (κ3) is 5.36. The van der Waals surface area contributed by atoms with Crippen molar-refractivity contribution in [2.45, 2.75) is 26.9 Å². The molecule has 0 saturated heterocycles. The molecule has 0 saturated carbocycles. The van der Waals surface area contributed by atoms with Crippen LogP contribution in [-0.2, 0) is 17.9 Å². The fourth-order valence-electron chi connectivity index (χ4n) is 3.22. The minimum absolute atomic E-state index is 0.0230. The van der Waals surface area contributed by atoms with Crippen molar-refractivity contribution in [3.05, 3.63) is 69.3 Å². The molecule has 0 aromatic heterocycles. The Balaban J connectivity index is 1.58. The summed E-state index contributed by atoms with van der Waals surface area (Å²) in [5.41, 5.74) is 2.39. The van der Waals surface area contributed by atoms with Crippen LogP contribution >= 0.6 is 0 Å². The summed E-state index contributed by atoms with van der Waals surface area (Å²) in [5.74, 6) is 0.417. The van der Waals surface area contributed by atoms with E-state index in [1.165, 1.54) is 34.7 Å². The lowest BCUT2D eigenvalue weighted by Gasteiger charge is -2.15. The van der Waals surface area contributed by atoms with Crippen LogP contribution in [0, 0.1) is 10.1 Å². The number of ether oxygens (including phenoxy) is 2. The van der Waals surface area contributed by atoms with E-state index in [1.54, 1.807) is 0 Å². The standard InChI is InChI=1S/C22H25N3O5/c1-3-24(4-2)14-17-7-5-16(6-8-17)13-23-22(26)10-9-18-11-20-21(30-15-29-20)12-19(18)25(27)28/h5-12H,3-4,13-15H2,1-2H3,(H,23,26)/p+1/b10-9+. The number of nitrogens with one attached hydrogen (secondary N) is 2. The Kier molecular flexibility index (Phi) is 7.03. The highest BCUT2D eigenvalue weighted by atomic mass is 16.7. The van der Waals surface area contributed by atoms with Gasteiger partial charge in [0.25, 0.3) is 5.69 Å². The van der Waals surface area contributed by atoms with E-state index in [1.807, 2.05) is 12.1 Å². The number of nitro benzene ring substituents is 1. The van der Waals surface area contributed by atoms with Crippen LogP contribution in [0.3, 0.4) is 0 Å². The number of quaternary nitrogens is 1. The lowest BCUT2D eigenvalue weighted by atomic mass is 10.1. The summed E-state index contributed by atoms with van der Waals surface area (Å²) < 4.78 is 10.4. The highest BCUT2D eigenvalue weighted by Crippen LogP contribution is 2.38. The van der Waals surface area contributed by atoms with Gasteiger partial charge in [-0.15, -0.1) is 0 Å². The first-order valence-corrected chi connectivity index (χ1v) is 9.95. The lowest BCUT2D eigenvalue weighted by Crippen LogP contribution is -3.10. The Morgan fingerprint density at radius 1 is 1.13 bits per heavy atom. The lowest BCUT2D eigenvalue weighted by molar-refractivity contribution is -0.910. The van der Waals surface area contributed by atoms with E-state index in [0.29, 0.717) is 18.0 Å². The average molecular weight is 412 g/mol. The van der Waals surface area contributed by atoms with Gasteiger partial charge in [-0.3, -0.25) is 14.9 Å². The number of rotatable bonds is 9. The second-order valence-corrected chi connectivity index (χ2v) is 7.02. The molecule has 3 rings (SSSR count). The molecule has 0 aliphatic carbocycles. The van der Waals surface area contributed by atoms with Gasteiger partial charge in [0.15, 0.2) is 11.5 Å². The van der Waals surface area contributed by atoms with Crippen molar-refractivity contribution in [2.75, 3.05) is 19.9 Å². The van der Waals surface area contributed by atoms with E-state index in [9.17, 15) is 14.9 Å². The molecule has 8 nitrogen and oxygen atoms in total. The molecule has 2 N–H and O–H groups in total. The molecule has 2 aromatic carbocycles. The topological polar surface area (TPSA) is 95.1 Å². The van der Waals surface area contributed by atoms with Gasteiger partial charge in [-0.25, -0.2) is 0 Å². The maximum absolute atomic E-state index is 12.2. The summed E-state index contributed by atoms with van der Waals surface area (Å²) >= 11 is 0. The van der Waals surface area contributed by atoms with Crippen molar-refractivity contribution in [3.63, 3.8) is 0 Å². The number of carbonyl (C=O) groups is 1. The predicted octanol–water partition coefficient (Wildman–Crippen LogP) is 2.08. The maximum Gasteiger partial charge on any atom is 0.280 e. The van der Waals surface area contributed by atoms with E-state index < -0.39 is 4.92 Å². The maximum atomic E-state index is 12.2. The van der Waals surface area contributed by atoms with Crippen LogP contribution in [0.4, 0.5) is 5.69 Å². The minimum Gasteiger partial charge on any atom is -0.454 e. The molecule has 0 atom stereocenters.